The van der Waals surface area contributed by atoms with Crippen LogP contribution in [0.5, 0.6) is 0 Å². The van der Waals surface area contributed by atoms with Crippen LogP contribution in [-0.2, 0) is 4.79 Å². The van der Waals surface area contributed by atoms with Crippen LogP contribution in [0.15, 0.2) is 0 Å². The molecule has 120 valence electrons. The molecule has 3 heteroatoms. The number of rotatable bonds is 4. The summed E-state index contributed by atoms with van der Waals surface area (Å²) in [6.07, 6.45) is 13.0. The Morgan fingerprint density at radius 2 is 1.86 bits per heavy atom. The Kier molecular flexibility index (Phi) is 5.56. The molecule has 3 rings (SSSR count). The van der Waals surface area contributed by atoms with Gasteiger partial charge in [0.25, 0.3) is 0 Å². The van der Waals surface area contributed by atoms with Crippen molar-refractivity contribution in [3.63, 3.8) is 0 Å². The number of piperidine rings is 1. The zero-order valence-corrected chi connectivity index (χ0v) is 13.4. The predicted octanol–water partition coefficient (Wildman–Crippen LogP) is 3.10. The zero-order chi connectivity index (χ0) is 14.5. The van der Waals surface area contributed by atoms with Crippen molar-refractivity contribution in [2.24, 2.45) is 23.7 Å². The third-order valence-electron chi connectivity index (χ3n) is 6.16. The number of amides is 1. The van der Waals surface area contributed by atoms with Crippen LogP contribution in [0.1, 0.15) is 64.2 Å². The maximum absolute atomic E-state index is 12.4. The number of nitrogens with one attached hydrogen (secondary N) is 2. The van der Waals surface area contributed by atoms with E-state index in [-0.39, 0.29) is 0 Å². The number of fused-ring (bicyclic) bond motifs is 1. The standard InChI is InChI=1S/C18H32N2O/c21-18(20-11-9-14-4-3-10-19-13-14)17-8-7-15-5-1-2-6-16(15)12-17/h14-17,19H,1-13H2,(H,20,21). The Labute approximate surface area is 129 Å². The maximum Gasteiger partial charge on any atom is 0.223 e. The van der Waals surface area contributed by atoms with Crippen LogP contribution in [0.3, 0.4) is 0 Å². The number of carbonyl (C=O) groups is 1. The first-order valence-electron chi connectivity index (χ1n) is 9.31. The molecule has 0 radical (unpaired) electrons. The fraction of sp³-hybridized carbons (Fsp3) is 0.944. The molecule has 0 aromatic heterocycles. The number of hydrogen-bond acceptors (Lipinski definition) is 2. The molecule has 1 saturated heterocycles. The van der Waals surface area contributed by atoms with E-state index in [1.807, 2.05) is 0 Å². The average molecular weight is 292 g/mol. The van der Waals surface area contributed by atoms with Crippen LogP contribution in [0.25, 0.3) is 0 Å². The normalized spacial score (nSPS) is 36.8. The second-order valence-electron chi connectivity index (χ2n) is 7.61. The van der Waals surface area contributed by atoms with Gasteiger partial charge in [0, 0.05) is 12.5 Å². The summed E-state index contributed by atoms with van der Waals surface area (Å²) in [5, 5.41) is 6.68. The SMILES string of the molecule is O=C(NCCC1CCCNC1)C1CCC2CCCCC2C1. The van der Waals surface area contributed by atoms with Crippen LogP contribution in [0.2, 0.25) is 0 Å². The van der Waals surface area contributed by atoms with Gasteiger partial charge in [-0.1, -0.05) is 25.7 Å². The van der Waals surface area contributed by atoms with Crippen LogP contribution >= 0.6 is 0 Å². The summed E-state index contributed by atoms with van der Waals surface area (Å²) in [6, 6.07) is 0. The Morgan fingerprint density at radius 1 is 1.00 bits per heavy atom. The lowest BCUT2D eigenvalue weighted by Gasteiger charge is -2.38. The monoisotopic (exact) mass is 292 g/mol. The van der Waals surface area contributed by atoms with Crippen LogP contribution < -0.4 is 10.6 Å². The Balaban J connectivity index is 1.37. The highest BCUT2D eigenvalue weighted by Gasteiger charge is 2.34. The fourth-order valence-corrected chi connectivity index (χ4v) is 4.83. The van der Waals surface area contributed by atoms with Crippen LogP contribution in [0.4, 0.5) is 0 Å². The van der Waals surface area contributed by atoms with E-state index >= 15 is 0 Å². The van der Waals surface area contributed by atoms with Crippen molar-refractivity contribution in [3.8, 4) is 0 Å². The van der Waals surface area contributed by atoms with Gasteiger partial charge in [0.05, 0.1) is 0 Å². The van der Waals surface area contributed by atoms with E-state index in [2.05, 4.69) is 10.6 Å². The number of hydrogen-bond donors (Lipinski definition) is 2. The van der Waals surface area contributed by atoms with Gasteiger partial charge in [-0.05, 0) is 69.4 Å². The molecule has 0 bridgehead atoms. The topological polar surface area (TPSA) is 41.1 Å². The Hall–Kier alpha value is -0.570. The fourth-order valence-electron chi connectivity index (χ4n) is 4.83. The van der Waals surface area contributed by atoms with E-state index in [0.29, 0.717) is 11.8 Å². The van der Waals surface area contributed by atoms with Crippen molar-refractivity contribution in [2.45, 2.75) is 64.2 Å². The average Bonchev–Trinajstić information content (AvgIpc) is 2.55. The summed E-state index contributed by atoms with van der Waals surface area (Å²) in [7, 11) is 0. The van der Waals surface area contributed by atoms with Crippen molar-refractivity contribution in [1.82, 2.24) is 10.6 Å². The third kappa shape index (κ3) is 4.21. The minimum Gasteiger partial charge on any atom is -0.356 e. The van der Waals surface area contributed by atoms with Gasteiger partial charge in [0.15, 0.2) is 0 Å². The molecule has 1 aliphatic heterocycles. The summed E-state index contributed by atoms with van der Waals surface area (Å²) in [6.45, 7) is 3.20. The molecular formula is C18H32N2O. The predicted molar refractivity (Wildman–Crippen MR) is 86.0 cm³/mol. The highest BCUT2D eigenvalue weighted by atomic mass is 16.1. The van der Waals surface area contributed by atoms with E-state index in [4.69, 9.17) is 0 Å². The minimum atomic E-state index is 0.314. The van der Waals surface area contributed by atoms with E-state index in [0.717, 1.165) is 43.7 Å². The smallest absolute Gasteiger partial charge is 0.223 e. The molecule has 2 N–H and O–H groups in total. The van der Waals surface area contributed by atoms with Crippen LogP contribution in [-0.4, -0.2) is 25.5 Å². The lowest BCUT2D eigenvalue weighted by atomic mass is 9.67. The number of carbonyl (C=O) groups excluding carboxylic acids is 1. The summed E-state index contributed by atoms with van der Waals surface area (Å²) < 4.78 is 0. The molecule has 4 unspecified atom stereocenters. The second-order valence-corrected chi connectivity index (χ2v) is 7.61. The molecule has 2 saturated carbocycles. The molecule has 4 atom stereocenters. The zero-order valence-electron chi connectivity index (χ0n) is 13.4. The van der Waals surface area contributed by atoms with Gasteiger partial charge in [0.1, 0.15) is 0 Å². The van der Waals surface area contributed by atoms with Crippen molar-refractivity contribution in [2.75, 3.05) is 19.6 Å². The van der Waals surface area contributed by atoms with Gasteiger partial charge >= 0.3 is 0 Å². The van der Waals surface area contributed by atoms with Crippen molar-refractivity contribution in [3.05, 3.63) is 0 Å². The molecule has 2 aliphatic carbocycles. The van der Waals surface area contributed by atoms with Gasteiger partial charge in [-0.3, -0.25) is 4.79 Å². The highest BCUT2D eigenvalue weighted by Crippen LogP contribution is 2.42. The first kappa shape index (κ1) is 15.3. The molecule has 1 heterocycles. The Morgan fingerprint density at radius 3 is 2.67 bits per heavy atom. The summed E-state index contributed by atoms with van der Waals surface area (Å²) >= 11 is 0. The summed E-state index contributed by atoms with van der Waals surface area (Å²) in [5.74, 6) is 3.23. The van der Waals surface area contributed by atoms with Gasteiger partial charge < -0.3 is 10.6 Å². The summed E-state index contributed by atoms with van der Waals surface area (Å²) in [4.78, 5) is 12.4. The first-order chi connectivity index (χ1) is 10.3. The van der Waals surface area contributed by atoms with E-state index in [1.165, 1.54) is 57.9 Å². The minimum absolute atomic E-state index is 0.314. The molecular weight excluding hydrogens is 260 g/mol. The second kappa shape index (κ2) is 7.62. The lowest BCUT2D eigenvalue weighted by molar-refractivity contribution is -0.127. The van der Waals surface area contributed by atoms with Crippen molar-refractivity contribution in [1.29, 1.82) is 0 Å². The van der Waals surface area contributed by atoms with Crippen LogP contribution in [0, 0.1) is 23.7 Å². The molecule has 1 amide bonds. The first-order valence-corrected chi connectivity index (χ1v) is 9.31. The summed E-state index contributed by atoms with van der Waals surface area (Å²) in [5.41, 5.74) is 0. The highest BCUT2D eigenvalue weighted by molar-refractivity contribution is 5.78. The molecule has 3 aliphatic rings. The quantitative estimate of drug-likeness (QED) is 0.836. The van der Waals surface area contributed by atoms with E-state index in [1.54, 1.807) is 0 Å². The van der Waals surface area contributed by atoms with Gasteiger partial charge in [-0.25, -0.2) is 0 Å². The lowest BCUT2D eigenvalue weighted by Crippen LogP contribution is -2.39. The van der Waals surface area contributed by atoms with Gasteiger partial charge in [-0.15, -0.1) is 0 Å². The Bertz CT molecular complexity index is 338. The van der Waals surface area contributed by atoms with Crippen molar-refractivity contribution >= 4 is 5.91 Å². The molecule has 0 spiro atoms. The van der Waals surface area contributed by atoms with E-state index < -0.39 is 0 Å². The van der Waals surface area contributed by atoms with Crippen molar-refractivity contribution < 1.29 is 4.79 Å². The largest absolute Gasteiger partial charge is 0.356 e. The molecule has 3 nitrogen and oxygen atoms in total. The maximum atomic E-state index is 12.4. The third-order valence-corrected chi connectivity index (χ3v) is 6.16. The van der Waals surface area contributed by atoms with E-state index in [9.17, 15) is 4.79 Å². The van der Waals surface area contributed by atoms with Gasteiger partial charge in [-0.2, -0.15) is 0 Å². The molecule has 21 heavy (non-hydrogen) atoms. The van der Waals surface area contributed by atoms with Gasteiger partial charge in [0.2, 0.25) is 5.91 Å². The molecule has 0 aromatic rings. The molecule has 0 aromatic carbocycles. The molecule has 3 fully saturated rings.